The van der Waals surface area contributed by atoms with Gasteiger partial charge in [0.15, 0.2) is 0 Å². The maximum absolute atomic E-state index is 10.8. The maximum Gasteiger partial charge on any atom is 0.308 e. The highest BCUT2D eigenvalue weighted by atomic mass is 16.5. The monoisotopic (exact) mass is 158 g/mol. The summed E-state index contributed by atoms with van der Waals surface area (Å²) in [4.78, 5) is 10.8. The van der Waals surface area contributed by atoms with Crippen molar-refractivity contribution < 1.29 is 14.3 Å². The first-order valence-electron chi connectivity index (χ1n) is 3.94. The molecule has 2 atom stereocenters. The Morgan fingerprint density at radius 3 is 2.82 bits per heavy atom. The van der Waals surface area contributed by atoms with Crippen LogP contribution in [0, 0.1) is 0 Å². The fourth-order valence-electron chi connectivity index (χ4n) is 1.30. The van der Waals surface area contributed by atoms with Gasteiger partial charge in [-0.25, -0.2) is 0 Å². The zero-order chi connectivity index (χ0) is 8.27. The van der Waals surface area contributed by atoms with Crippen molar-refractivity contribution in [1.82, 2.24) is 0 Å². The highest BCUT2D eigenvalue weighted by Crippen LogP contribution is 2.21. The van der Waals surface area contributed by atoms with E-state index in [4.69, 9.17) is 4.74 Å². The van der Waals surface area contributed by atoms with E-state index in [1.807, 2.05) is 6.92 Å². The largest absolute Gasteiger partial charge is 0.469 e. The molecule has 0 amide bonds. The summed E-state index contributed by atoms with van der Waals surface area (Å²) < 4.78 is 9.96. The molecule has 64 valence electrons. The summed E-state index contributed by atoms with van der Waals surface area (Å²) >= 11 is 0. The number of rotatable bonds is 2. The summed E-state index contributed by atoms with van der Waals surface area (Å²) in [6.45, 7) is 2.03. The molecule has 2 unspecified atom stereocenters. The van der Waals surface area contributed by atoms with Crippen molar-refractivity contribution in [3.63, 3.8) is 0 Å². The van der Waals surface area contributed by atoms with Crippen LogP contribution in [0.25, 0.3) is 0 Å². The second-order valence-corrected chi connectivity index (χ2v) is 2.93. The molecule has 1 rings (SSSR count). The van der Waals surface area contributed by atoms with Gasteiger partial charge in [0.05, 0.1) is 25.7 Å². The van der Waals surface area contributed by atoms with E-state index in [1.165, 1.54) is 7.11 Å². The molecular formula is C8H14O3. The third-order valence-electron chi connectivity index (χ3n) is 1.94. The maximum atomic E-state index is 10.8. The summed E-state index contributed by atoms with van der Waals surface area (Å²) in [6.07, 6.45) is 2.85. The Labute approximate surface area is 66.7 Å². The number of methoxy groups -OCH3 is 1. The summed E-state index contributed by atoms with van der Waals surface area (Å²) in [5.41, 5.74) is 0. The van der Waals surface area contributed by atoms with Crippen LogP contribution in [-0.2, 0) is 14.3 Å². The quantitative estimate of drug-likeness (QED) is 0.565. The average molecular weight is 158 g/mol. The van der Waals surface area contributed by atoms with Crippen LogP contribution in [0.15, 0.2) is 0 Å². The van der Waals surface area contributed by atoms with Gasteiger partial charge in [-0.15, -0.1) is 0 Å². The van der Waals surface area contributed by atoms with Gasteiger partial charge >= 0.3 is 5.97 Å². The van der Waals surface area contributed by atoms with Gasteiger partial charge in [0.1, 0.15) is 0 Å². The molecule has 1 saturated heterocycles. The summed E-state index contributed by atoms with van der Waals surface area (Å²) in [5.74, 6) is -0.177. The van der Waals surface area contributed by atoms with Gasteiger partial charge in [0, 0.05) is 0 Å². The van der Waals surface area contributed by atoms with E-state index < -0.39 is 0 Å². The molecule has 0 aromatic heterocycles. The van der Waals surface area contributed by atoms with Crippen molar-refractivity contribution in [3.8, 4) is 0 Å². The lowest BCUT2D eigenvalue weighted by atomic mass is 10.1. The molecule has 3 nitrogen and oxygen atoms in total. The molecular weight excluding hydrogens is 144 g/mol. The van der Waals surface area contributed by atoms with Crippen LogP contribution in [0.3, 0.4) is 0 Å². The molecule has 0 saturated carbocycles. The van der Waals surface area contributed by atoms with Gasteiger partial charge in [-0.1, -0.05) is 0 Å². The van der Waals surface area contributed by atoms with Crippen molar-refractivity contribution in [3.05, 3.63) is 0 Å². The second kappa shape index (κ2) is 3.72. The van der Waals surface area contributed by atoms with E-state index in [-0.39, 0.29) is 12.1 Å². The first-order chi connectivity index (χ1) is 5.22. The molecule has 1 fully saturated rings. The van der Waals surface area contributed by atoms with Crippen molar-refractivity contribution in [2.75, 3.05) is 7.11 Å². The lowest BCUT2D eigenvalue weighted by Crippen LogP contribution is -2.14. The zero-order valence-electron chi connectivity index (χ0n) is 7.00. The SMILES string of the molecule is COC(=O)CC1CCC(C)O1. The van der Waals surface area contributed by atoms with Gasteiger partial charge < -0.3 is 9.47 Å². The Bertz CT molecular complexity index is 144. The fourth-order valence-corrected chi connectivity index (χ4v) is 1.30. The van der Waals surface area contributed by atoms with Gasteiger partial charge in [0.25, 0.3) is 0 Å². The van der Waals surface area contributed by atoms with Crippen LogP contribution in [0.2, 0.25) is 0 Å². The smallest absolute Gasteiger partial charge is 0.308 e. The minimum atomic E-state index is -0.177. The first kappa shape index (κ1) is 8.53. The normalized spacial score (nSPS) is 30.4. The molecule has 0 aliphatic carbocycles. The average Bonchev–Trinajstić information content (AvgIpc) is 2.35. The van der Waals surface area contributed by atoms with E-state index in [1.54, 1.807) is 0 Å². The van der Waals surface area contributed by atoms with Crippen molar-refractivity contribution in [2.24, 2.45) is 0 Å². The van der Waals surface area contributed by atoms with E-state index in [0.717, 1.165) is 12.8 Å². The number of esters is 1. The van der Waals surface area contributed by atoms with Crippen molar-refractivity contribution >= 4 is 5.97 Å². The Hall–Kier alpha value is -0.570. The first-order valence-corrected chi connectivity index (χ1v) is 3.94. The van der Waals surface area contributed by atoms with Crippen LogP contribution >= 0.6 is 0 Å². The number of hydrogen-bond acceptors (Lipinski definition) is 3. The third kappa shape index (κ3) is 2.50. The molecule has 0 N–H and O–H groups in total. The Morgan fingerprint density at radius 1 is 1.64 bits per heavy atom. The van der Waals surface area contributed by atoms with Gasteiger partial charge in [-0.05, 0) is 19.8 Å². The topological polar surface area (TPSA) is 35.5 Å². The predicted octanol–water partition coefficient (Wildman–Crippen LogP) is 1.12. The van der Waals surface area contributed by atoms with Gasteiger partial charge in [0.2, 0.25) is 0 Å². The fraction of sp³-hybridized carbons (Fsp3) is 0.875. The van der Waals surface area contributed by atoms with Crippen LogP contribution in [0.1, 0.15) is 26.2 Å². The second-order valence-electron chi connectivity index (χ2n) is 2.93. The minimum absolute atomic E-state index is 0.0949. The van der Waals surface area contributed by atoms with Crippen molar-refractivity contribution in [1.29, 1.82) is 0 Å². The van der Waals surface area contributed by atoms with Crippen molar-refractivity contribution in [2.45, 2.75) is 38.4 Å². The van der Waals surface area contributed by atoms with Crippen LogP contribution in [-0.4, -0.2) is 25.3 Å². The molecule has 1 aliphatic rings. The minimum Gasteiger partial charge on any atom is -0.469 e. The Kier molecular flexibility index (Phi) is 2.88. The lowest BCUT2D eigenvalue weighted by Gasteiger charge is -2.08. The Balaban J connectivity index is 2.23. The third-order valence-corrected chi connectivity index (χ3v) is 1.94. The standard InChI is InChI=1S/C8H14O3/c1-6-3-4-7(11-6)5-8(9)10-2/h6-7H,3-5H2,1-2H3. The number of ether oxygens (including phenoxy) is 2. The number of carbonyl (C=O) groups excluding carboxylic acids is 1. The van der Waals surface area contributed by atoms with E-state index in [2.05, 4.69) is 4.74 Å². The molecule has 0 aromatic rings. The zero-order valence-corrected chi connectivity index (χ0v) is 7.00. The molecule has 11 heavy (non-hydrogen) atoms. The van der Waals surface area contributed by atoms with E-state index in [0.29, 0.717) is 12.5 Å². The summed E-state index contributed by atoms with van der Waals surface area (Å²) in [6, 6.07) is 0. The molecule has 3 heteroatoms. The number of hydrogen-bond donors (Lipinski definition) is 0. The predicted molar refractivity (Wildman–Crippen MR) is 40.2 cm³/mol. The molecule has 1 aliphatic heterocycles. The molecule has 0 spiro atoms. The summed E-state index contributed by atoms with van der Waals surface area (Å²) in [7, 11) is 1.40. The molecule has 0 aromatic carbocycles. The van der Waals surface area contributed by atoms with E-state index >= 15 is 0 Å². The van der Waals surface area contributed by atoms with Gasteiger partial charge in [-0.3, -0.25) is 4.79 Å². The Morgan fingerprint density at radius 2 is 2.36 bits per heavy atom. The molecule has 1 heterocycles. The summed E-state index contributed by atoms with van der Waals surface area (Å²) in [5, 5.41) is 0. The van der Waals surface area contributed by atoms with Crippen LogP contribution in [0.5, 0.6) is 0 Å². The van der Waals surface area contributed by atoms with Crippen LogP contribution in [0.4, 0.5) is 0 Å². The highest BCUT2D eigenvalue weighted by molar-refractivity contribution is 5.69. The van der Waals surface area contributed by atoms with Crippen LogP contribution < -0.4 is 0 Å². The lowest BCUT2D eigenvalue weighted by molar-refractivity contribution is -0.143. The number of carbonyl (C=O) groups is 1. The highest BCUT2D eigenvalue weighted by Gasteiger charge is 2.24. The van der Waals surface area contributed by atoms with E-state index in [9.17, 15) is 4.79 Å². The van der Waals surface area contributed by atoms with Gasteiger partial charge in [-0.2, -0.15) is 0 Å². The molecule has 0 bridgehead atoms. The molecule has 0 radical (unpaired) electrons.